The van der Waals surface area contributed by atoms with Crippen molar-refractivity contribution in [2.75, 3.05) is 12.3 Å². The van der Waals surface area contributed by atoms with E-state index in [0.29, 0.717) is 12.5 Å². The molecule has 0 saturated heterocycles. The third-order valence-corrected chi connectivity index (χ3v) is 2.38. The summed E-state index contributed by atoms with van der Waals surface area (Å²) in [6, 6.07) is 3.68. The summed E-state index contributed by atoms with van der Waals surface area (Å²) in [6.07, 6.45) is 2.21. The van der Waals surface area contributed by atoms with E-state index in [1.165, 1.54) is 12.1 Å². The number of nitrogens with two attached hydrogens (primary N) is 1. The van der Waals surface area contributed by atoms with Crippen LogP contribution in [0.5, 0.6) is 0 Å². The Morgan fingerprint density at radius 3 is 2.93 bits per heavy atom. The second-order valence-corrected chi connectivity index (χ2v) is 3.77. The van der Waals surface area contributed by atoms with Crippen molar-refractivity contribution in [3.8, 4) is 0 Å². The molecule has 15 heavy (non-hydrogen) atoms. The Labute approximate surface area is 87.0 Å². The molecule has 0 bridgehead atoms. The van der Waals surface area contributed by atoms with Crippen molar-refractivity contribution in [2.24, 2.45) is 5.92 Å². The predicted molar refractivity (Wildman–Crippen MR) is 53.8 cm³/mol. The lowest BCUT2D eigenvalue weighted by Crippen LogP contribution is -2.10. The van der Waals surface area contributed by atoms with E-state index in [1.54, 1.807) is 0 Å². The number of benzene rings is 1. The summed E-state index contributed by atoms with van der Waals surface area (Å²) in [5.41, 5.74) is 5.90. The second-order valence-electron chi connectivity index (χ2n) is 3.77. The fourth-order valence-corrected chi connectivity index (χ4v) is 1.26. The molecule has 1 aliphatic rings. The highest BCUT2D eigenvalue weighted by Crippen LogP contribution is 2.29. The quantitative estimate of drug-likeness (QED) is 0.611. The largest absolute Gasteiger partial charge is 0.462 e. The van der Waals surface area contributed by atoms with Crippen LogP contribution in [-0.2, 0) is 4.74 Å². The summed E-state index contributed by atoms with van der Waals surface area (Å²) in [7, 11) is 0. The van der Waals surface area contributed by atoms with E-state index < -0.39 is 11.8 Å². The summed E-state index contributed by atoms with van der Waals surface area (Å²) >= 11 is 0. The summed E-state index contributed by atoms with van der Waals surface area (Å²) < 4.78 is 17.9. The fraction of sp³-hybridized carbons (Fsp3) is 0.364. The third-order valence-electron chi connectivity index (χ3n) is 2.38. The lowest BCUT2D eigenvalue weighted by Gasteiger charge is -2.06. The second kappa shape index (κ2) is 3.88. The number of nitrogen functional groups attached to an aromatic ring is 1. The summed E-state index contributed by atoms with van der Waals surface area (Å²) in [4.78, 5) is 11.5. The molecule has 0 aromatic heterocycles. The Balaban J connectivity index is 2.05. The van der Waals surface area contributed by atoms with Crippen LogP contribution in [-0.4, -0.2) is 12.6 Å². The molecule has 2 N–H and O–H groups in total. The number of esters is 1. The Morgan fingerprint density at radius 1 is 1.53 bits per heavy atom. The molecular weight excluding hydrogens is 197 g/mol. The van der Waals surface area contributed by atoms with E-state index >= 15 is 0 Å². The molecule has 1 aromatic carbocycles. The molecule has 1 fully saturated rings. The maximum absolute atomic E-state index is 12.9. The fourth-order valence-electron chi connectivity index (χ4n) is 1.26. The molecule has 2 rings (SSSR count). The van der Waals surface area contributed by atoms with Gasteiger partial charge < -0.3 is 10.5 Å². The van der Waals surface area contributed by atoms with Gasteiger partial charge in [0, 0.05) is 5.69 Å². The first-order valence-electron chi connectivity index (χ1n) is 4.89. The first-order valence-corrected chi connectivity index (χ1v) is 4.89. The van der Waals surface area contributed by atoms with E-state index in [-0.39, 0.29) is 11.3 Å². The van der Waals surface area contributed by atoms with Gasteiger partial charge in [0.15, 0.2) is 0 Å². The summed E-state index contributed by atoms with van der Waals surface area (Å²) in [6.45, 7) is 0.411. The minimum atomic E-state index is -0.543. The first kappa shape index (κ1) is 9.96. The Morgan fingerprint density at radius 2 is 2.27 bits per heavy atom. The van der Waals surface area contributed by atoms with Crippen LogP contribution in [0.15, 0.2) is 18.2 Å². The third kappa shape index (κ3) is 2.46. The number of rotatable bonds is 3. The smallest absolute Gasteiger partial charge is 0.340 e. The van der Waals surface area contributed by atoms with E-state index in [2.05, 4.69) is 0 Å². The van der Waals surface area contributed by atoms with Crippen molar-refractivity contribution in [2.45, 2.75) is 12.8 Å². The van der Waals surface area contributed by atoms with Gasteiger partial charge >= 0.3 is 5.97 Å². The van der Waals surface area contributed by atoms with Gasteiger partial charge in [0.25, 0.3) is 0 Å². The van der Waals surface area contributed by atoms with E-state index in [4.69, 9.17) is 10.5 Å². The SMILES string of the molecule is Nc1ccc(F)cc1C(=O)OCC1CC1. The predicted octanol–water partition coefficient (Wildman–Crippen LogP) is 1.97. The summed E-state index contributed by atoms with van der Waals surface area (Å²) in [5.74, 6) is -0.537. The van der Waals surface area contributed by atoms with Gasteiger partial charge in [-0.05, 0) is 37.0 Å². The van der Waals surface area contributed by atoms with Gasteiger partial charge in [0.05, 0.1) is 12.2 Å². The van der Waals surface area contributed by atoms with Gasteiger partial charge in [-0.3, -0.25) is 0 Å². The van der Waals surface area contributed by atoms with Crippen molar-refractivity contribution in [3.63, 3.8) is 0 Å². The number of anilines is 1. The Kier molecular flexibility index (Phi) is 2.58. The van der Waals surface area contributed by atoms with Gasteiger partial charge in [-0.15, -0.1) is 0 Å². The van der Waals surface area contributed by atoms with Crippen LogP contribution in [0.3, 0.4) is 0 Å². The van der Waals surface area contributed by atoms with Crippen LogP contribution < -0.4 is 5.73 Å². The average molecular weight is 209 g/mol. The highest BCUT2D eigenvalue weighted by atomic mass is 19.1. The Hall–Kier alpha value is -1.58. The Bertz CT molecular complexity index is 388. The lowest BCUT2D eigenvalue weighted by molar-refractivity contribution is 0.0487. The molecule has 1 saturated carbocycles. The van der Waals surface area contributed by atoms with Gasteiger partial charge in [0.2, 0.25) is 0 Å². The van der Waals surface area contributed by atoms with Crippen LogP contribution in [0.25, 0.3) is 0 Å². The molecule has 0 atom stereocenters. The monoisotopic (exact) mass is 209 g/mol. The van der Waals surface area contributed by atoms with Crippen LogP contribution in [0.2, 0.25) is 0 Å². The van der Waals surface area contributed by atoms with E-state index in [1.807, 2.05) is 0 Å². The number of carbonyl (C=O) groups excluding carboxylic acids is 1. The number of halogens is 1. The average Bonchev–Trinajstić information content (AvgIpc) is 3.02. The number of carbonyl (C=O) groups is 1. The summed E-state index contributed by atoms with van der Waals surface area (Å²) in [5, 5.41) is 0. The first-order chi connectivity index (χ1) is 7.16. The van der Waals surface area contributed by atoms with E-state index in [9.17, 15) is 9.18 Å². The zero-order valence-corrected chi connectivity index (χ0v) is 8.20. The molecular formula is C11H12FNO2. The molecule has 3 nitrogen and oxygen atoms in total. The van der Waals surface area contributed by atoms with Crippen LogP contribution in [0.4, 0.5) is 10.1 Å². The van der Waals surface area contributed by atoms with Crippen LogP contribution >= 0.6 is 0 Å². The maximum atomic E-state index is 12.9. The zero-order chi connectivity index (χ0) is 10.8. The molecule has 0 radical (unpaired) electrons. The zero-order valence-electron chi connectivity index (χ0n) is 8.20. The van der Waals surface area contributed by atoms with E-state index in [0.717, 1.165) is 18.9 Å². The number of ether oxygens (including phenoxy) is 1. The molecule has 80 valence electrons. The molecule has 0 aliphatic heterocycles. The lowest BCUT2D eigenvalue weighted by atomic mass is 10.2. The van der Waals surface area contributed by atoms with Crippen molar-refractivity contribution in [1.82, 2.24) is 0 Å². The van der Waals surface area contributed by atoms with Crippen molar-refractivity contribution >= 4 is 11.7 Å². The minimum absolute atomic E-state index is 0.107. The molecule has 0 unspecified atom stereocenters. The highest BCUT2D eigenvalue weighted by Gasteiger charge is 2.23. The van der Waals surface area contributed by atoms with Gasteiger partial charge in [0.1, 0.15) is 5.82 Å². The maximum Gasteiger partial charge on any atom is 0.340 e. The molecule has 1 aromatic rings. The standard InChI is InChI=1S/C11H12FNO2/c12-8-3-4-10(13)9(5-8)11(14)15-6-7-1-2-7/h3-5,7H,1-2,6,13H2. The highest BCUT2D eigenvalue weighted by molar-refractivity contribution is 5.95. The van der Waals surface area contributed by atoms with Crippen molar-refractivity contribution < 1.29 is 13.9 Å². The van der Waals surface area contributed by atoms with Crippen LogP contribution in [0, 0.1) is 11.7 Å². The topological polar surface area (TPSA) is 52.3 Å². The van der Waals surface area contributed by atoms with Gasteiger partial charge in [-0.25, -0.2) is 9.18 Å². The molecule has 1 aliphatic carbocycles. The number of hydrogen-bond donors (Lipinski definition) is 1. The normalized spacial score (nSPS) is 15.0. The van der Waals surface area contributed by atoms with Gasteiger partial charge in [-0.1, -0.05) is 0 Å². The van der Waals surface area contributed by atoms with Gasteiger partial charge in [-0.2, -0.15) is 0 Å². The molecule has 4 heteroatoms. The van der Waals surface area contributed by atoms with Crippen molar-refractivity contribution in [1.29, 1.82) is 0 Å². The molecule has 0 spiro atoms. The molecule has 0 heterocycles. The van der Waals surface area contributed by atoms with Crippen molar-refractivity contribution in [3.05, 3.63) is 29.6 Å². The minimum Gasteiger partial charge on any atom is -0.462 e. The number of hydrogen-bond acceptors (Lipinski definition) is 3. The van der Waals surface area contributed by atoms with Crippen LogP contribution in [0.1, 0.15) is 23.2 Å². The molecule has 0 amide bonds.